The lowest BCUT2D eigenvalue weighted by molar-refractivity contribution is -0.119. The fourth-order valence-electron chi connectivity index (χ4n) is 2.39. The third-order valence-corrected chi connectivity index (χ3v) is 3.20. The molecule has 0 aromatic heterocycles. The summed E-state index contributed by atoms with van der Waals surface area (Å²) < 4.78 is 5.76. The molecule has 0 N–H and O–H groups in total. The third kappa shape index (κ3) is 1.93. The van der Waals surface area contributed by atoms with Crippen LogP contribution in [0.25, 0.3) is 0 Å². The maximum absolute atomic E-state index is 12.0. The molecule has 0 aromatic rings. The summed E-state index contributed by atoms with van der Waals surface area (Å²) >= 11 is 0. The van der Waals surface area contributed by atoms with Crippen LogP contribution in [-0.4, -0.2) is 11.4 Å². The quantitative estimate of drug-likeness (QED) is 0.626. The molecule has 16 heavy (non-hydrogen) atoms. The standard InChI is InChI=1S/C14H20O2/c1-13(2,3)10-6-9-8-14(4,5)16-12(9)7-11(10)15/h6-7,10H,8H2,1-5H3. The van der Waals surface area contributed by atoms with Crippen LogP contribution in [0.2, 0.25) is 0 Å². The first-order chi connectivity index (χ1) is 7.19. The van der Waals surface area contributed by atoms with Crippen molar-refractivity contribution in [3.05, 3.63) is 23.5 Å². The van der Waals surface area contributed by atoms with Crippen LogP contribution in [0, 0.1) is 11.3 Å². The summed E-state index contributed by atoms with van der Waals surface area (Å²) in [6, 6.07) is 0. The lowest BCUT2D eigenvalue weighted by Gasteiger charge is -2.28. The number of ketones is 1. The van der Waals surface area contributed by atoms with Gasteiger partial charge in [-0.3, -0.25) is 4.79 Å². The Bertz CT molecular complexity index is 391. The van der Waals surface area contributed by atoms with Crippen LogP contribution in [0.1, 0.15) is 41.0 Å². The molecule has 2 aliphatic rings. The van der Waals surface area contributed by atoms with Crippen LogP contribution >= 0.6 is 0 Å². The van der Waals surface area contributed by atoms with Gasteiger partial charge in [-0.15, -0.1) is 0 Å². The van der Waals surface area contributed by atoms with Gasteiger partial charge in [0.25, 0.3) is 0 Å². The molecule has 0 radical (unpaired) electrons. The highest BCUT2D eigenvalue weighted by molar-refractivity contribution is 5.96. The van der Waals surface area contributed by atoms with Crippen LogP contribution < -0.4 is 0 Å². The van der Waals surface area contributed by atoms with E-state index in [2.05, 4.69) is 40.7 Å². The summed E-state index contributed by atoms with van der Waals surface area (Å²) in [5.41, 5.74) is 1.02. The number of fused-ring (bicyclic) bond motifs is 1. The van der Waals surface area contributed by atoms with Crippen molar-refractivity contribution in [1.82, 2.24) is 0 Å². The fraction of sp³-hybridized carbons (Fsp3) is 0.643. The van der Waals surface area contributed by atoms with Crippen molar-refractivity contribution in [3.63, 3.8) is 0 Å². The molecular formula is C14H20O2. The van der Waals surface area contributed by atoms with Crippen LogP contribution in [0.15, 0.2) is 23.5 Å². The highest BCUT2D eigenvalue weighted by Gasteiger charge is 2.39. The fourth-order valence-corrected chi connectivity index (χ4v) is 2.39. The Balaban J connectivity index is 2.35. The minimum Gasteiger partial charge on any atom is -0.487 e. The van der Waals surface area contributed by atoms with Gasteiger partial charge in [0.2, 0.25) is 0 Å². The van der Waals surface area contributed by atoms with E-state index in [-0.39, 0.29) is 22.7 Å². The molecule has 2 nitrogen and oxygen atoms in total. The molecule has 0 spiro atoms. The van der Waals surface area contributed by atoms with Gasteiger partial charge in [-0.05, 0) is 24.8 Å². The molecule has 1 unspecified atom stereocenters. The normalized spacial score (nSPS) is 28.1. The summed E-state index contributed by atoms with van der Waals surface area (Å²) in [7, 11) is 0. The Hall–Kier alpha value is -1.05. The Morgan fingerprint density at radius 2 is 2.00 bits per heavy atom. The zero-order chi connectivity index (χ0) is 12.1. The van der Waals surface area contributed by atoms with Crippen LogP contribution in [0.5, 0.6) is 0 Å². The lowest BCUT2D eigenvalue weighted by atomic mass is 9.74. The summed E-state index contributed by atoms with van der Waals surface area (Å²) in [6.07, 6.45) is 4.69. The van der Waals surface area contributed by atoms with Crippen molar-refractivity contribution in [3.8, 4) is 0 Å². The molecule has 0 bridgehead atoms. The largest absolute Gasteiger partial charge is 0.487 e. The Morgan fingerprint density at radius 1 is 1.38 bits per heavy atom. The molecule has 1 atom stereocenters. The van der Waals surface area contributed by atoms with Gasteiger partial charge in [0.05, 0.1) is 0 Å². The SMILES string of the molecule is CC1(C)CC2=CC(C(C)(C)C)C(=O)C=C2O1. The summed E-state index contributed by atoms with van der Waals surface area (Å²) in [4.78, 5) is 12.0. The monoisotopic (exact) mass is 220 g/mol. The average Bonchev–Trinajstić information content (AvgIpc) is 2.34. The molecule has 2 heteroatoms. The van der Waals surface area contributed by atoms with E-state index in [0.29, 0.717) is 0 Å². The second-order valence-corrected chi connectivity index (χ2v) is 6.49. The molecule has 0 aromatic carbocycles. The van der Waals surface area contributed by atoms with Crippen molar-refractivity contribution < 1.29 is 9.53 Å². The number of hydrogen-bond donors (Lipinski definition) is 0. The van der Waals surface area contributed by atoms with Crippen molar-refractivity contribution in [1.29, 1.82) is 0 Å². The predicted octanol–water partition coefficient (Wildman–Crippen LogP) is 3.24. The maximum atomic E-state index is 12.0. The Kier molecular flexibility index (Phi) is 2.30. The Labute approximate surface area is 97.4 Å². The highest BCUT2D eigenvalue weighted by Crippen LogP contribution is 2.42. The summed E-state index contributed by atoms with van der Waals surface area (Å²) in [6.45, 7) is 10.4. The van der Waals surface area contributed by atoms with Crippen molar-refractivity contribution in [2.45, 2.75) is 46.6 Å². The minimum absolute atomic E-state index is 0.0104. The van der Waals surface area contributed by atoms with Gasteiger partial charge < -0.3 is 4.74 Å². The molecule has 88 valence electrons. The second-order valence-electron chi connectivity index (χ2n) is 6.49. The van der Waals surface area contributed by atoms with Gasteiger partial charge in [0, 0.05) is 18.4 Å². The van der Waals surface area contributed by atoms with Gasteiger partial charge >= 0.3 is 0 Å². The molecule has 1 heterocycles. The van der Waals surface area contributed by atoms with E-state index in [1.54, 1.807) is 6.08 Å². The molecule has 1 saturated heterocycles. The summed E-state index contributed by atoms with van der Waals surface area (Å²) in [5.74, 6) is 0.947. The van der Waals surface area contributed by atoms with E-state index < -0.39 is 0 Å². The van der Waals surface area contributed by atoms with Crippen molar-refractivity contribution in [2.24, 2.45) is 11.3 Å². The molecule has 0 amide bonds. The van der Waals surface area contributed by atoms with Crippen molar-refractivity contribution in [2.75, 3.05) is 0 Å². The van der Waals surface area contributed by atoms with Crippen molar-refractivity contribution >= 4 is 5.78 Å². The smallest absolute Gasteiger partial charge is 0.166 e. The van der Waals surface area contributed by atoms with Gasteiger partial charge in [0.1, 0.15) is 11.4 Å². The van der Waals surface area contributed by atoms with Gasteiger partial charge in [-0.2, -0.15) is 0 Å². The topological polar surface area (TPSA) is 26.3 Å². The molecule has 1 aliphatic carbocycles. The average molecular weight is 220 g/mol. The highest BCUT2D eigenvalue weighted by atomic mass is 16.5. The van der Waals surface area contributed by atoms with E-state index >= 15 is 0 Å². The number of allylic oxidation sites excluding steroid dienone is 3. The summed E-state index contributed by atoms with van der Waals surface area (Å²) in [5, 5.41) is 0. The minimum atomic E-state index is -0.162. The van der Waals surface area contributed by atoms with Gasteiger partial charge in [-0.1, -0.05) is 26.8 Å². The van der Waals surface area contributed by atoms with E-state index in [1.165, 1.54) is 5.57 Å². The number of carbonyl (C=O) groups excluding carboxylic acids is 1. The number of carbonyl (C=O) groups is 1. The van der Waals surface area contributed by atoms with Gasteiger partial charge in [0.15, 0.2) is 5.78 Å². The molecule has 2 rings (SSSR count). The van der Waals surface area contributed by atoms with E-state index in [1.807, 2.05) is 0 Å². The molecule has 1 fully saturated rings. The first-order valence-electron chi connectivity index (χ1n) is 5.85. The molecule has 0 saturated carbocycles. The third-order valence-electron chi connectivity index (χ3n) is 3.20. The first kappa shape index (κ1) is 11.4. The first-order valence-corrected chi connectivity index (χ1v) is 5.85. The number of rotatable bonds is 0. The van der Waals surface area contributed by atoms with Crippen LogP contribution in [0.4, 0.5) is 0 Å². The van der Waals surface area contributed by atoms with Crippen LogP contribution in [0.3, 0.4) is 0 Å². The second kappa shape index (κ2) is 3.22. The zero-order valence-corrected chi connectivity index (χ0v) is 10.8. The zero-order valence-electron chi connectivity index (χ0n) is 10.8. The van der Waals surface area contributed by atoms with E-state index in [4.69, 9.17) is 4.74 Å². The Morgan fingerprint density at radius 3 is 2.56 bits per heavy atom. The van der Waals surface area contributed by atoms with E-state index in [0.717, 1.165) is 12.2 Å². The number of hydrogen-bond acceptors (Lipinski definition) is 2. The predicted molar refractivity (Wildman–Crippen MR) is 63.9 cm³/mol. The van der Waals surface area contributed by atoms with Crippen LogP contribution in [-0.2, 0) is 9.53 Å². The number of ether oxygens (including phenoxy) is 1. The lowest BCUT2D eigenvalue weighted by Crippen LogP contribution is -2.28. The molecule has 1 aliphatic heterocycles. The van der Waals surface area contributed by atoms with E-state index in [9.17, 15) is 4.79 Å². The maximum Gasteiger partial charge on any atom is 0.166 e. The molecular weight excluding hydrogens is 200 g/mol. The van der Waals surface area contributed by atoms with Gasteiger partial charge in [-0.25, -0.2) is 0 Å².